The Hall–Kier alpha value is -0.120. The molecule has 2 atom stereocenters. The minimum atomic E-state index is 0.277. The maximum absolute atomic E-state index is 6.28. The Kier molecular flexibility index (Phi) is 4.59. The minimum Gasteiger partial charge on any atom is -0.329 e. The largest absolute Gasteiger partial charge is 0.329 e. The van der Waals surface area contributed by atoms with Crippen LogP contribution in [0.3, 0.4) is 0 Å². The summed E-state index contributed by atoms with van der Waals surface area (Å²) in [6.07, 6.45) is 7.98. The van der Waals surface area contributed by atoms with Gasteiger partial charge in [-0.15, -0.1) is 0 Å². The standard InChI is InChI=1S/C16H33N3/c1-15(2)8-6-9-16(12-15,13-17)19-10-5-7-14(19)11-18(3)4/h14H,5-13,17H2,1-4H3. The predicted octanol–water partition coefficient (Wildman–Crippen LogP) is 2.31. The predicted molar refractivity (Wildman–Crippen MR) is 82.3 cm³/mol. The topological polar surface area (TPSA) is 32.5 Å². The molecule has 1 saturated heterocycles. The molecule has 19 heavy (non-hydrogen) atoms. The van der Waals surface area contributed by atoms with Gasteiger partial charge in [-0.1, -0.05) is 20.3 Å². The van der Waals surface area contributed by atoms with Gasteiger partial charge in [-0.3, -0.25) is 4.90 Å². The molecule has 0 amide bonds. The molecule has 0 aromatic heterocycles. The van der Waals surface area contributed by atoms with Crippen LogP contribution in [0.15, 0.2) is 0 Å². The number of nitrogens with two attached hydrogens (primary N) is 1. The summed E-state index contributed by atoms with van der Waals surface area (Å²) in [7, 11) is 4.38. The van der Waals surface area contributed by atoms with Gasteiger partial charge in [0, 0.05) is 24.7 Å². The molecule has 2 N–H and O–H groups in total. The Morgan fingerprint density at radius 1 is 1.21 bits per heavy atom. The summed E-state index contributed by atoms with van der Waals surface area (Å²) in [6, 6.07) is 0.715. The highest BCUT2D eigenvalue weighted by atomic mass is 15.3. The third kappa shape index (κ3) is 3.32. The smallest absolute Gasteiger partial charge is 0.0340 e. The first-order valence-electron chi connectivity index (χ1n) is 8.00. The van der Waals surface area contributed by atoms with Crippen LogP contribution in [0.5, 0.6) is 0 Å². The van der Waals surface area contributed by atoms with E-state index in [0.717, 1.165) is 6.54 Å². The number of nitrogens with zero attached hydrogens (tertiary/aromatic N) is 2. The van der Waals surface area contributed by atoms with Crippen molar-refractivity contribution in [2.24, 2.45) is 11.1 Å². The molecule has 2 fully saturated rings. The van der Waals surface area contributed by atoms with Gasteiger partial charge in [0.25, 0.3) is 0 Å². The van der Waals surface area contributed by atoms with Crippen LogP contribution in [0.2, 0.25) is 0 Å². The van der Waals surface area contributed by atoms with Crippen molar-refractivity contribution in [2.75, 3.05) is 33.7 Å². The lowest BCUT2D eigenvalue weighted by molar-refractivity contribution is -0.00386. The summed E-state index contributed by atoms with van der Waals surface area (Å²) >= 11 is 0. The third-order valence-corrected chi connectivity index (χ3v) is 5.25. The Labute approximate surface area is 119 Å². The second-order valence-corrected chi connectivity index (χ2v) is 7.87. The summed E-state index contributed by atoms with van der Waals surface area (Å²) in [5.41, 5.74) is 7.01. The first-order chi connectivity index (χ1) is 8.88. The van der Waals surface area contributed by atoms with Gasteiger partial charge < -0.3 is 10.6 Å². The van der Waals surface area contributed by atoms with E-state index in [9.17, 15) is 0 Å². The number of hydrogen-bond donors (Lipinski definition) is 1. The van der Waals surface area contributed by atoms with Gasteiger partial charge in [-0.2, -0.15) is 0 Å². The number of hydrogen-bond acceptors (Lipinski definition) is 3. The Morgan fingerprint density at radius 3 is 2.53 bits per heavy atom. The van der Waals surface area contributed by atoms with Crippen molar-refractivity contribution in [3.63, 3.8) is 0 Å². The molecule has 0 aromatic rings. The zero-order valence-corrected chi connectivity index (χ0v) is 13.4. The van der Waals surface area contributed by atoms with E-state index in [1.165, 1.54) is 51.6 Å². The molecule has 2 aliphatic rings. The normalized spacial score (nSPS) is 36.0. The summed E-state index contributed by atoms with van der Waals surface area (Å²) < 4.78 is 0. The lowest BCUT2D eigenvalue weighted by Crippen LogP contribution is -2.60. The number of likely N-dealkylation sites (tertiary alicyclic amines) is 1. The molecular formula is C16H33N3. The SMILES string of the molecule is CN(C)CC1CCCN1C1(CN)CCCC(C)(C)C1. The Morgan fingerprint density at radius 2 is 1.95 bits per heavy atom. The molecule has 0 radical (unpaired) electrons. The van der Waals surface area contributed by atoms with Gasteiger partial charge in [0.05, 0.1) is 0 Å². The molecule has 0 aromatic carbocycles. The van der Waals surface area contributed by atoms with E-state index in [0.29, 0.717) is 11.5 Å². The van der Waals surface area contributed by atoms with Crippen LogP contribution in [-0.2, 0) is 0 Å². The van der Waals surface area contributed by atoms with E-state index in [4.69, 9.17) is 5.73 Å². The first-order valence-corrected chi connectivity index (χ1v) is 8.00. The molecule has 1 aliphatic heterocycles. The van der Waals surface area contributed by atoms with Crippen molar-refractivity contribution in [1.29, 1.82) is 0 Å². The van der Waals surface area contributed by atoms with Gasteiger partial charge in [-0.25, -0.2) is 0 Å². The fourth-order valence-electron chi connectivity index (χ4n) is 4.57. The van der Waals surface area contributed by atoms with Crippen LogP contribution >= 0.6 is 0 Å². The first kappa shape index (κ1) is 15.3. The molecule has 1 saturated carbocycles. The van der Waals surface area contributed by atoms with E-state index in [-0.39, 0.29) is 5.54 Å². The molecule has 112 valence electrons. The third-order valence-electron chi connectivity index (χ3n) is 5.25. The van der Waals surface area contributed by atoms with E-state index in [1.807, 2.05) is 0 Å². The molecular weight excluding hydrogens is 234 g/mol. The summed E-state index contributed by atoms with van der Waals surface area (Å²) in [6.45, 7) is 8.12. The minimum absolute atomic E-state index is 0.277. The van der Waals surface area contributed by atoms with Crippen molar-refractivity contribution in [2.45, 2.75) is 64.0 Å². The average molecular weight is 267 g/mol. The van der Waals surface area contributed by atoms with Gasteiger partial charge in [0.15, 0.2) is 0 Å². The van der Waals surface area contributed by atoms with E-state index in [2.05, 4.69) is 37.7 Å². The van der Waals surface area contributed by atoms with Gasteiger partial charge in [0.1, 0.15) is 0 Å². The van der Waals surface area contributed by atoms with Crippen molar-refractivity contribution in [3.8, 4) is 0 Å². The second kappa shape index (κ2) is 5.71. The average Bonchev–Trinajstić information content (AvgIpc) is 2.75. The molecule has 2 rings (SSSR count). The summed E-state index contributed by atoms with van der Waals surface area (Å²) in [5, 5.41) is 0. The van der Waals surface area contributed by atoms with E-state index in [1.54, 1.807) is 0 Å². The Balaban J connectivity index is 2.15. The highest BCUT2D eigenvalue weighted by molar-refractivity contribution is 5.03. The fraction of sp³-hybridized carbons (Fsp3) is 1.00. The van der Waals surface area contributed by atoms with Gasteiger partial charge in [-0.05, 0) is 58.2 Å². The van der Waals surface area contributed by atoms with Crippen molar-refractivity contribution < 1.29 is 0 Å². The lowest BCUT2D eigenvalue weighted by Gasteiger charge is -2.52. The molecule has 1 heterocycles. The quantitative estimate of drug-likeness (QED) is 0.848. The van der Waals surface area contributed by atoms with Crippen LogP contribution < -0.4 is 5.73 Å². The van der Waals surface area contributed by atoms with Crippen LogP contribution in [0, 0.1) is 5.41 Å². The van der Waals surface area contributed by atoms with E-state index < -0.39 is 0 Å². The monoisotopic (exact) mass is 267 g/mol. The molecule has 1 aliphatic carbocycles. The lowest BCUT2D eigenvalue weighted by atomic mass is 9.67. The van der Waals surface area contributed by atoms with E-state index >= 15 is 0 Å². The maximum atomic E-state index is 6.28. The zero-order valence-electron chi connectivity index (χ0n) is 13.4. The van der Waals surface area contributed by atoms with Crippen molar-refractivity contribution in [1.82, 2.24) is 9.80 Å². The van der Waals surface area contributed by atoms with Crippen LogP contribution in [0.4, 0.5) is 0 Å². The molecule has 3 heteroatoms. The second-order valence-electron chi connectivity index (χ2n) is 7.87. The Bertz CT molecular complexity index is 300. The highest BCUT2D eigenvalue weighted by Crippen LogP contribution is 2.45. The highest BCUT2D eigenvalue weighted by Gasteiger charge is 2.46. The summed E-state index contributed by atoms with van der Waals surface area (Å²) in [5.74, 6) is 0. The molecule has 0 spiro atoms. The van der Waals surface area contributed by atoms with Crippen LogP contribution in [-0.4, -0.2) is 55.1 Å². The fourth-order valence-corrected chi connectivity index (χ4v) is 4.57. The van der Waals surface area contributed by atoms with Crippen LogP contribution in [0.1, 0.15) is 52.4 Å². The van der Waals surface area contributed by atoms with Gasteiger partial charge in [0.2, 0.25) is 0 Å². The number of likely N-dealkylation sites (N-methyl/N-ethyl adjacent to an activating group) is 1. The number of rotatable bonds is 4. The van der Waals surface area contributed by atoms with Crippen molar-refractivity contribution in [3.05, 3.63) is 0 Å². The van der Waals surface area contributed by atoms with Crippen LogP contribution in [0.25, 0.3) is 0 Å². The van der Waals surface area contributed by atoms with Crippen molar-refractivity contribution >= 4 is 0 Å². The molecule has 3 nitrogen and oxygen atoms in total. The molecule has 2 unspecified atom stereocenters. The maximum Gasteiger partial charge on any atom is 0.0340 e. The van der Waals surface area contributed by atoms with Gasteiger partial charge >= 0.3 is 0 Å². The summed E-state index contributed by atoms with van der Waals surface area (Å²) in [4.78, 5) is 5.12. The zero-order chi connectivity index (χ0) is 14.1. The molecule has 0 bridgehead atoms.